The number of Topliss-reactive ketones (excluding diaryl/α,β-unsaturated/α-hetero) is 1. The number of hydrogen-bond donors (Lipinski definition) is 0. The smallest absolute Gasteiger partial charge is 0.243 e. The average molecular weight is 269 g/mol. The number of fused-ring (bicyclic) bond motifs is 1. The van der Waals surface area contributed by atoms with Gasteiger partial charge in [0.2, 0.25) is 10.0 Å². The molecule has 0 atom stereocenters. The topological polar surface area (TPSA) is 63.7 Å². The molecule has 0 bridgehead atoms. The van der Waals surface area contributed by atoms with Gasteiger partial charge in [-0.05, 0) is 26.0 Å². The van der Waals surface area contributed by atoms with Gasteiger partial charge in [0.1, 0.15) is 17.2 Å². The van der Waals surface area contributed by atoms with E-state index in [1.165, 1.54) is 11.4 Å². The van der Waals surface area contributed by atoms with Gasteiger partial charge in [-0.25, -0.2) is 8.42 Å². The van der Waals surface area contributed by atoms with E-state index in [1.54, 1.807) is 32.0 Å². The maximum atomic E-state index is 12.1. The molecule has 0 fully saturated rings. The number of ketones is 1. The van der Waals surface area contributed by atoms with Crippen molar-refractivity contribution < 1.29 is 17.9 Å². The van der Waals surface area contributed by atoms with Crippen LogP contribution in [0.2, 0.25) is 0 Å². The number of anilines is 1. The van der Waals surface area contributed by atoms with E-state index in [2.05, 4.69) is 0 Å². The largest absolute Gasteiger partial charge is 0.495 e. The van der Waals surface area contributed by atoms with Crippen molar-refractivity contribution in [3.63, 3.8) is 0 Å². The van der Waals surface area contributed by atoms with Crippen molar-refractivity contribution in [1.29, 1.82) is 0 Å². The van der Waals surface area contributed by atoms with Crippen LogP contribution in [-0.2, 0) is 10.0 Å². The normalized spacial score (nSPS) is 17.8. The molecule has 0 aromatic heterocycles. The lowest BCUT2D eigenvalue weighted by Gasteiger charge is -2.33. The van der Waals surface area contributed by atoms with Crippen LogP contribution in [0.5, 0.6) is 5.75 Å². The van der Waals surface area contributed by atoms with E-state index in [0.717, 1.165) is 0 Å². The monoisotopic (exact) mass is 269 g/mol. The molecule has 0 radical (unpaired) electrons. The minimum Gasteiger partial charge on any atom is -0.495 e. The predicted molar refractivity (Wildman–Crippen MR) is 68.7 cm³/mol. The summed E-state index contributed by atoms with van der Waals surface area (Å²) < 4.78 is 30.7. The molecular weight excluding hydrogens is 254 g/mol. The Balaban J connectivity index is 2.77. The molecule has 0 amide bonds. The van der Waals surface area contributed by atoms with Crippen LogP contribution >= 0.6 is 0 Å². The van der Waals surface area contributed by atoms with E-state index in [1.807, 2.05) is 0 Å². The first-order valence-corrected chi connectivity index (χ1v) is 7.21. The lowest BCUT2D eigenvalue weighted by atomic mass is 10.1. The van der Waals surface area contributed by atoms with Crippen molar-refractivity contribution in [2.75, 3.05) is 17.2 Å². The summed E-state index contributed by atoms with van der Waals surface area (Å²) in [6.07, 6.45) is 0. The van der Waals surface area contributed by atoms with Gasteiger partial charge in [-0.3, -0.25) is 9.10 Å². The lowest BCUT2D eigenvalue weighted by molar-refractivity contribution is 0.101. The SMILES string of the molecule is COc1cccc2c1N(C(C)C)S(=O)(=O)CC2=O. The van der Waals surface area contributed by atoms with E-state index in [9.17, 15) is 13.2 Å². The van der Waals surface area contributed by atoms with Crippen LogP contribution < -0.4 is 9.04 Å². The molecule has 1 aromatic carbocycles. The summed E-state index contributed by atoms with van der Waals surface area (Å²) in [5.74, 6) is -0.468. The minimum absolute atomic E-state index is 0.266. The van der Waals surface area contributed by atoms with Crippen molar-refractivity contribution in [2.45, 2.75) is 19.9 Å². The maximum Gasteiger partial charge on any atom is 0.243 e. The van der Waals surface area contributed by atoms with Crippen molar-refractivity contribution in [1.82, 2.24) is 0 Å². The number of hydrogen-bond acceptors (Lipinski definition) is 4. The van der Waals surface area contributed by atoms with Crippen LogP contribution in [0.25, 0.3) is 0 Å². The molecule has 0 spiro atoms. The Morgan fingerprint density at radius 3 is 2.56 bits per heavy atom. The number of sulfonamides is 1. The fourth-order valence-electron chi connectivity index (χ4n) is 2.17. The second-order valence-corrected chi connectivity index (χ2v) is 6.27. The minimum atomic E-state index is -3.61. The highest BCUT2D eigenvalue weighted by Crippen LogP contribution is 2.38. The summed E-state index contributed by atoms with van der Waals surface area (Å²) in [7, 11) is -2.16. The Hall–Kier alpha value is -1.56. The molecule has 2 rings (SSSR count). The van der Waals surface area contributed by atoms with Gasteiger partial charge in [0.25, 0.3) is 0 Å². The van der Waals surface area contributed by atoms with Crippen LogP contribution in [-0.4, -0.2) is 33.1 Å². The zero-order valence-corrected chi connectivity index (χ0v) is 11.3. The molecule has 1 heterocycles. The number of nitrogens with zero attached hydrogens (tertiary/aromatic N) is 1. The summed E-state index contributed by atoms with van der Waals surface area (Å²) in [6, 6.07) is 4.71. The summed E-state index contributed by atoms with van der Waals surface area (Å²) in [4.78, 5) is 11.9. The number of methoxy groups -OCH3 is 1. The molecule has 1 aliphatic heterocycles. The summed E-state index contributed by atoms with van der Waals surface area (Å²) in [5.41, 5.74) is 0.754. The van der Waals surface area contributed by atoms with Crippen molar-refractivity contribution in [2.24, 2.45) is 0 Å². The van der Waals surface area contributed by atoms with Crippen LogP contribution in [0, 0.1) is 0 Å². The third-order valence-electron chi connectivity index (χ3n) is 2.82. The standard InChI is InChI=1S/C12H15NO4S/c1-8(2)13-12-9(5-4-6-11(12)17-3)10(14)7-18(13,15)16/h4-6,8H,7H2,1-3H3. The fourth-order valence-corrected chi connectivity index (χ4v) is 3.91. The molecule has 98 valence electrons. The zero-order valence-electron chi connectivity index (χ0n) is 10.5. The van der Waals surface area contributed by atoms with Crippen LogP contribution in [0.3, 0.4) is 0 Å². The molecule has 0 saturated carbocycles. The molecule has 1 aliphatic rings. The predicted octanol–water partition coefficient (Wildman–Crippen LogP) is 1.44. The average Bonchev–Trinajstić information content (AvgIpc) is 2.26. The van der Waals surface area contributed by atoms with Gasteiger partial charge in [-0.1, -0.05) is 6.07 Å². The van der Waals surface area contributed by atoms with E-state index >= 15 is 0 Å². The highest BCUT2D eigenvalue weighted by Gasteiger charge is 2.38. The zero-order chi connectivity index (χ0) is 13.5. The van der Waals surface area contributed by atoms with E-state index in [4.69, 9.17) is 4.74 Å². The molecule has 1 aromatic rings. The Morgan fingerprint density at radius 1 is 1.33 bits per heavy atom. The second kappa shape index (κ2) is 4.28. The maximum absolute atomic E-state index is 12.1. The third kappa shape index (κ3) is 1.86. The molecule has 6 heteroatoms. The van der Waals surface area contributed by atoms with Crippen LogP contribution in [0.1, 0.15) is 24.2 Å². The Kier molecular flexibility index (Phi) is 3.06. The van der Waals surface area contributed by atoms with Crippen LogP contribution in [0.4, 0.5) is 5.69 Å². The highest BCUT2D eigenvalue weighted by molar-refractivity contribution is 7.93. The van der Waals surface area contributed by atoms with Crippen LogP contribution in [0.15, 0.2) is 18.2 Å². The Labute approximate surface area is 106 Å². The summed E-state index contributed by atoms with van der Waals surface area (Å²) in [6.45, 7) is 3.53. The van der Waals surface area contributed by atoms with Gasteiger partial charge in [0.05, 0.1) is 7.11 Å². The first-order chi connectivity index (χ1) is 8.38. The van der Waals surface area contributed by atoms with Crippen molar-refractivity contribution in [3.8, 4) is 5.75 Å². The van der Waals surface area contributed by atoms with E-state index in [-0.39, 0.29) is 11.8 Å². The molecule has 18 heavy (non-hydrogen) atoms. The summed E-state index contributed by atoms with van der Waals surface area (Å²) >= 11 is 0. The quantitative estimate of drug-likeness (QED) is 0.815. The Morgan fingerprint density at radius 2 is 2.00 bits per heavy atom. The van der Waals surface area contributed by atoms with Crippen molar-refractivity contribution in [3.05, 3.63) is 23.8 Å². The molecule has 0 aliphatic carbocycles. The number of para-hydroxylation sites is 1. The first kappa shape index (κ1) is 12.9. The van der Waals surface area contributed by atoms with Gasteiger partial charge in [-0.15, -0.1) is 0 Å². The van der Waals surface area contributed by atoms with E-state index in [0.29, 0.717) is 17.0 Å². The van der Waals surface area contributed by atoms with Gasteiger partial charge in [0, 0.05) is 11.6 Å². The molecular formula is C12H15NO4S. The lowest BCUT2D eigenvalue weighted by Crippen LogP contribution is -2.44. The molecule has 5 nitrogen and oxygen atoms in total. The summed E-state index contributed by atoms with van der Waals surface area (Å²) in [5, 5.41) is 0. The number of benzene rings is 1. The van der Waals surface area contributed by atoms with Gasteiger partial charge >= 0.3 is 0 Å². The van der Waals surface area contributed by atoms with Gasteiger partial charge in [0.15, 0.2) is 5.78 Å². The third-order valence-corrected chi connectivity index (χ3v) is 4.65. The van der Waals surface area contributed by atoms with Gasteiger partial charge in [-0.2, -0.15) is 0 Å². The highest BCUT2D eigenvalue weighted by atomic mass is 32.2. The number of carbonyl (C=O) groups excluding carboxylic acids is 1. The second-order valence-electron chi connectivity index (χ2n) is 4.43. The van der Waals surface area contributed by atoms with Crippen molar-refractivity contribution >= 4 is 21.5 Å². The number of ether oxygens (including phenoxy) is 1. The van der Waals surface area contributed by atoms with E-state index < -0.39 is 15.8 Å². The molecule has 0 saturated heterocycles. The fraction of sp³-hybridized carbons (Fsp3) is 0.417. The Bertz CT molecular complexity index is 592. The first-order valence-electron chi connectivity index (χ1n) is 5.61. The molecule has 0 N–H and O–H groups in total. The number of rotatable bonds is 2. The molecule has 0 unspecified atom stereocenters. The van der Waals surface area contributed by atoms with Gasteiger partial charge < -0.3 is 4.74 Å². The number of carbonyl (C=O) groups is 1.